The van der Waals surface area contributed by atoms with Gasteiger partial charge in [-0.25, -0.2) is 4.79 Å². The Morgan fingerprint density at radius 1 is 1.30 bits per heavy atom. The van der Waals surface area contributed by atoms with Crippen LogP contribution in [0.15, 0.2) is 23.4 Å². The molecule has 0 saturated carbocycles. The topological polar surface area (TPSA) is 88.1 Å². The summed E-state index contributed by atoms with van der Waals surface area (Å²) in [6.07, 6.45) is 1.29. The highest BCUT2D eigenvalue weighted by Gasteiger charge is 2.33. The molecule has 20 heavy (non-hydrogen) atoms. The Hall–Kier alpha value is -1.24. The van der Waals surface area contributed by atoms with Crippen LogP contribution < -0.4 is 0 Å². The highest BCUT2D eigenvalue weighted by Crippen LogP contribution is 2.59. The van der Waals surface area contributed by atoms with Gasteiger partial charge in [-0.3, -0.25) is 9.36 Å². The van der Waals surface area contributed by atoms with E-state index in [1.165, 1.54) is 34.3 Å². The van der Waals surface area contributed by atoms with E-state index >= 15 is 0 Å². The van der Waals surface area contributed by atoms with E-state index in [2.05, 4.69) is 0 Å². The largest absolute Gasteiger partial charge is 0.490 e. The normalized spacial score (nSPS) is 19.8. The number of hydrogen-bond donors (Lipinski definition) is 0. The molecule has 1 unspecified atom stereocenters. The smallest absolute Gasteiger partial charge is 0.383 e. The minimum atomic E-state index is -3.21. The predicted molar refractivity (Wildman–Crippen MR) is 73.0 cm³/mol. The Morgan fingerprint density at radius 3 is 2.35 bits per heavy atom. The summed E-state index contributed by atoms with van der Waals surface area (Å²) in [6.45, 7) is -1.92. The van der Waals surface area contributed by atoms with Crippen LogP contribution in [0.1, 0.15) is 6.92 Å². The van der Waals surface area contributed by atoms with Crippen LogP contribution in [0.5, 0.6) is 0 Å². The first-order chi connectivity index (χ1) is 9.36. The molecule has 0 radical (unpaired) electrons. The molecule has 0 N–H and O–H groups in total. The molecule has 112 valence electrons. The molecule has 0 spiro atoms. The lowest BCUT2D eigenvalue weighted by Crippen LogP contribution is -2.00. The number of carbonyl (C=O) groups is 2. The van der Waals surface area contributed by atoms with Gasteiger partial charge in [0.05, 0.1) is 20.4 Å². The van der Waals surface area contributed by atoms with Crippen molar-refractivity contribution in [3.05, 3.63) is 23.4 Å². The molecule has 0 amide bonds. The van der Waals surface area contributed by atoms with E-state index in [1.54, 1.807) is 0 Å². The summed E-state index contributed by atoms with van der Waals surface area (Å²) in [5.74, 6) is -0.545. The molecule has 7 nitrogen and oxygen atoms in total. The van der Waals surface area contributed by atoms with Gasteiger partial charge in [-0.2, -0.15) is 0 Å². The second-order valence-electron chi connectivity index (χ2n) is 3.58. The Bertz CT molecular complexity index is 523. The Kier molecular flexibility index (Phi) is 5.86. The summed E-state index contributed by atoms with van der Waals surface area (Å²) in [5.41, 5.74) is 0. The van der Waals surface area contributed by atoms with E-state index in [1.807, 2.05) is 0 Å². The first-order valence-corrected chi connectivity index (χ1v) is 8.70. The molecular weight excluding hydrogens is 307 g/mol. The summed E-state index contributed by atoms with van der Waals surface area (Å²) in [5, 5.41) is -0.322. The highest BCUT2D eigenvalue weighted by molar-refractivity contribution is 8.63. The van der Waals surface area contributed by atoms with Gasteiger partial charge >= 0.3 is 5.97 Å². The lowest BCUT2D eigenvalue weighted by molar-refractivity contribution is -0.136. The predicted octanol–water partition coefficient (Wildman–Crippen LogP) is 2.05. The molecular formula is C11H15O7PS. The first kappa shape index (κ1) is 16.8. The number of allylic oxidation sites excluding steroid dienone is 1. The number of esters is 1. The van der Waals surface area contributed by atoms with Crippen molar-refractivity contribution in [2.75, 3.05) is 27.5 Å². The highest BCUT2D eigenvalue weighted by atomic mass is 32.7. The van der Waals surface area contributed by atoms with Crippen molar-refractivity contribution < 1.29 is 32.9 Å². The number of methoxy groups -OCH3 is 2. The van der Waals surface area contributed by atoms with Crippen LogP contribution in [0.25, 0.3) is 0 Å². The Labute approximate surface area is 120 Å². The quantitative estimate of drug-likeness (QED) is 0.542. The van der Waals surface area contributed by atoms with Gasteiger partial charge in [0, 0.05) is 25.4 Å². The third-order valence-electron chi connectivity index (χ3n) is 2.27. The van der Waals surface area contributed by atoms with Gasteiger partial charge in [0.2, 0.25) is 5.76 Å². The molecule has 0 aromatic rings. The summed E-state index contributed by atoms with van der Waals surface area (Å²) in [7, 11) is 3.91. The molecule has 0 bridgehead atoms. The van der Waals surface area contributed by atoms with Crippen molar-refractivity contribution in [3.8, 4) is 0 Å². The minimum Gasteiger partial charge on any atom is -0.490 e. The number of hydrogen-bond acceptors (Lipinski definition) is 8. The SMILES string of the molecule is COC1=C(OC)/C(=C/CP(=O)(OC)SC(C)=O)OC1=O. The van der Waals surface area contributed by atoms with Crippen LogP contribution in [0.2, 0.25) is 0 Å². The van der Waals surface area contributed by atoms with Crippen molar-refractivity contribution >= 4 is 29.0 Å². The molecule has 9 heteroatoms. The van der Waals surface area contributed by atoms with Crippen LogP contribution in [0.3, 0.4) is 0 Å². The fraction of sp³-hybridized carbons (Fsp3) is 0.455. The molecule has 0 aliphatic carbocycles. The van der Waals surface area contributed by atoms with Crippen molar-refractivity contribution in [1.82, 2.24) is 0 Å². The lowest BCUT2D eigenvalue weighted by Gasteiger charge is -2.11. The molecule has 0 saturated heterocycles. The Balaban J connectivity index is 2.96. The van der Waals surface area contributed by atoms with E-state index in [9.17, 15) is 14.2 Å². The van der Waals surface area contributed by atoms with E-state index in [0.29, 0.717) is 11.4 Å². The van der Waals surface area contributed by atoms with Gasteiger partial charge in [-0.05, 0) is 6.08 Å². The molecule has 1 aliphatic heterocycles. The van der Waals surface area contributed by atoms with E-state index in [4.69, 9.17) is 18.7 Å². The van der Waals surface area contributed by atoms with E-state index in [-0.39, 0.29) is 28.6 Å². The van der Waals surface area contributed by atoms with Crippen molar-refractivity contribution in [2.45, 2.75) is 6.92 Å². The first-order valence-electron chi connectivity index (χ1n) is 5.46. The minimum absolute atomic E-state index is 0.0646. The molecule has 0 fully saturated rings. The molecule has 0 aromatic heterocycles. The van der Waals surface area contributed by atoms with Gasteiger partial charge in [0.15, 0.2) is 10.9 Å². The summed E-state index contributed by atoms with van der Waals surface area (Å²) in [6, 6.07) is 0. The van der Waals surface area contributed by atoms with Crippen molar-refractivity contribution in [1.29, 1.82) is 0 Å². The third-order valence-corrected chi connectivity index (χ3v) is 6.49. The van der Waals surface area contributed by atoms with Gasteiger partial charge in [0.25, 0.3) is 12.3 Å². The number of rotatable bonds is 6. The fourth-order valence-electron chi connectivity index (χ4n) is 1.44. The zero-order valence-electron chi connectivity index (χ0n) is 11.5. The number of cyclic esters (lactones) is 1. The fourth-order valence-corrected chi connectivity index (χ4v) is 4.37. The second-order valence-corrected chi connectivity index (χ2v) is 8.51. The zero-order valence-corrected chi connectivity index (χ0v) is 13.2. The third kappa shape index (κ3) is 3.88. The zero-order chi connectivity index (χ0) is 15.3. The maximum atomic E-state index is 12.2. The van der Waals surface area contributed by atoms with E-state index < -0.39 is 12.5 Å². The van der Waals surface area contributed by atoms with Crippen LogP contribution >= 0.6 is 18.0 Å². The summed E-state index contributed by atoms with van der Waals surface area (Å²) < 4.78 is 31.9. The number of ether oxygens (including phenoxy) is 3. The average Bonchev–Trinajstić information content (AvgIpc) is 2.70. The second kappa shape index (κ2) is 6.97. The monoisotopic (exact) mass is 322 g/mol. The standard InChI is InChI=1S/C11H15O7PS/c1-7(12)20-19(14,17-4)6-5-8-9(15-2)10(16-3)11(13)18-8/h5H,6H2,1-4H3/b8-5-. The van der Waals surface area contributed by atoms with Crippen molar-refractivity contribution in [3.63, 3.8) is 0 Å². The Morgan fingerprint density at radius 2 is 1.90 bits per heavy atom. The maximum Gasteiger partial charge on any atom is 0.383 e. The van der Waals surface area contributed by atoms with Gasteiger partial charge in [-0.15, -0.1) is 0 Å². The number of carbonyl (C=O) groups excluding carboxylic acids is 2. The maximum absolute atomic E-state index is 12.2. The van der Waals surface area contributed by atoms with Crippen LogP contribution in [-0.4, -0.2) is 38.6 Å². The van der Waals surface area contributed by atoms with Gasteiger partial charge in [0.1, 0.15) is 0 Å². The lowest BCUT2D eigenvalue weighted by atomic mass is 10.3. The molecule has 1 heterocycles. The van der Waals surface area contributed by atoms with Crippen LogP contribution in [0.4, 0.5) is 0 Å². The van der Waals surface area contributed by atoms with E-state index in [0.717, 1.165) is 0 Å². The van der Waals surface area contributed by atoms with Crippen LogP contribution in [0, 0.1) is 0 Å². The van der Waals surface area contributed by atoms with Crippen LogP contribution in [-0.2, 0) is 32.9 Å². The molecule has 1 atom stereocenters. The summed E-state index contributed by atoms with van der Waals surface area (Å²) in [4.78, 5) is 22.5. The molecule has 1 aliphatic rings. The molecule has 0 aromatic carbocycles. The van der Waals surface area contributed by atoms with Gasteiger partial charge < -0.3 is 18.7 Å². The summed E-state index contributed by atoms with van der Waals surface area (Å²) >= 11 is 0.623. The average molecular weight is 322 g/mol. The molecule has 1 rings (SSSR count). The van der Waals surface area contributed by atoms with Crippen molar-refractivity contribution in [2.24, 2.45) is 0 Å². The van der Waals surface area contributed by atoms with Gasteiger partial charge in [-0.1, -0.05) is 0 Å².